The molecule has 1 spiro atoms. The molecular weight excluding hydrogens is 336 g/mol. The van der Waals surface area contributed by atoms with Gasteiger partial charge < -0.3 is 10.6 Å². The van der Waals surface area contributed by atoms with E-state index in [1.54, 1.807) is 0 Å². The van der Waals surface area contributed by atoms with Crippen LogP contribution in [0.25, 0.3) is 11.4 Å². The Labute approximate surface area is 160 Å². The number of amides is 1. The van der Waals surface area contributed by atoms with Crippen LogP contribution in [0, 0.1) is 0 Å². The van der Waals surface area contributed by atoms with E-state index in [1.807, 2.05) is 29.3 Å². The van der Waals surface area contributed by atoms with Gasteiger partial charge in [0, 0.05) is 30.3 Å². The van der Waals surface area contributed by atoms with Gasteiger partial charge in [-0.15, -0.1) is 0 Å². The molecule has 1 aliphatic heterocycles. The summed E-state index contributed by atoms with van der Waals surface area (Å²) in [6.07, 6.45) is 8.88. The predicted molar refractivity (Wildman–Crippen MR) is 104 cm³/mol. The zero-order chi connectivity index (χ0) is 18.5. The molecule has 2 N–H and O–H groups in total. The van der Waals surface area contributed by atoms with Crippen LogP contribution in [0.3, 0.4) is 0 Å². The van der Waals surface area contributed by atoms with Crippen LogP contribution < -0.4 is 5.73 Å². The number of aromatic nitrogens is 2. The molecule has 1 atom stereocenters. The average molecular weight is 362 g/mol. The molecule has 1 aromatic heterocycles. The van der Waals surface area contributed by atoms with Gasteiger partial charge in [-0.1, -0.05) is 30.3 Å². The number of nitrogens with two attached hydrogens (primary N) is 1. The monoisotopic (exact) mass is 362 g/mol. The molecule has 5 rings (SSSR count). The van der Waals surface area contributed by atoms with E-state index in [9.17, 15) is 4.79 Å². The van der Waals surface area contributed by atoms with Crippen LogP contribution in [-0.2, 0) is 16.6 Å². The molecule has 3 aliphatic rings. The number of carbonyl (C=O) groups excluding carboxylic acids is 1. The largest absolute Gasteiger partial charge is 0.340 e. The summed E-state index contributed by atoms with van der Waals surface area (Å²) < 4.78 is 0. The summed E-state index contributed by atoms with van der Waals surface area (Å²) in [6.45, 7) is 1.58. The van der Waals surface area contributed by atoms with Crippen molar-refractivity contribution in [1.82, 2.24) is 14.9 Å². The minimum absolute atomic E-state index is 0.0319. The number of likely N-dealkylation sites (tertiary alicyclic amines) is 1. The van der Waals surface area contributed by atoms with Gasteiger partial charge in [0.15, 0.2) is 5.82 Å². The first-order valence-corrected chi connectivity index (χ1v) is 10.1. The van der Waals surface area contributed by atoms with Crippen LogP contribution in [0.15, 0.2) is 36.5 Å². The van der Waals surface area contributed by atoms with Crippen molar-refractivity contribution in [1.29, 1.82) is 0 Å². The Morgan fingerprint density at radius 3 is 2.63 bits per heavy atom. The minimum Gasteiger partial charge on any atom is -0.340 e. The van der Waals surface area contributed by atoms with Crippen molar-refractivity contribution in [3.8, 4) is 11.4 Å². The van der Waals surface area contributed by atoms with E-state index in [0.717, 1.165) is 75.1 Å². The quantitative estimate of drug-likeness (QED) is 0.892. The van der Waals surface area contributed by atoms with Crippen LogP contribution in [0.2, 0.25) is 0 Å². The van der Waals surface area contributed by atoms with Gasteiger partial charge in [0.1, 0.15) is 0 Å². The number of aryl methyl sites for hydroxylation is 1. The van der Waals surface area contributed by atoms with Gasteiger partial charge in [0.05, 0.1) is 11.2 Å². The van der Waals surface area contributed by atoms with Gasteiger partial charge in [-0.25, -0.2) is 9.97 Å². The molecule has 2 aliphatic carbocycles. The molecule has 1 aromatic carbocycles. The summed E-state index contributed by atoms with van der Waals surface area (Å²) in [5.41, 5.74) is 9.15. The molecule has 140 valence electrons. The number of piperidine rings is 1. The number of rotatable bonds is 2. The molecule has 2 heterocycles. The Balaban J connectivity index is 1.47. The Morgan fingerprint density at radius 2 is 1.89 bits per heavy atom. The highest BCUT2D eigenvalue weighted by atomic mass is 16.2. The fourth-order valence-corrected chi connectivity index (χ4v) is 5.06. The van der Waals surface area contributed by atoms with Gasteiger partial charge in [0.25, 0.3) is 0 Å². The minimum atomic E-state index is -0.610. The van der Waals surface area contributed by atoms with E-state index in [0.29, 0.717) is 0 Å². The lowest BCUT2D eigenvalue weighted by Crippen LogP contribution is -2.62. The summed E-state index contributed by atoms with van der Waals surface area (Å²) in [6, 6.07) is 10.1. The van der Waals surface area contributed by atoms with E-state index in [-0.39, 0.29) is 11.3 Å². The number of hydrogen-bond acceptors (Lipinski definition) is 4. The van der Waals surface area contributed by atoms with Crippen LogP contribution in [0.1, 0.15) is 49.8 Å². The fourth-order valence-electron chi connectivity index (χ4n) is 5.06. The van der Waals surface area contributed by atoms with Crippen molar-refractivity contribution in [2.24, 2.45) is 5.73 Å². The maximum absolute atomic E-state index is 13.0. The topological polar surface area (TPSA) is 72.1 Å². The highest BCUT2D eigenvalue weighted by Gasteiger charge is 2.49. The summed E-state index contributed by atoms with van der Waals surface area (Å²) in [5.74, 6) is 0.937. The molecule has 2 aromatic rings. The van der Waals surface area contributed by atoms with Crippen molar-refractivity contribution < 1.29 is 4.79 Å². The number of fused-ring (bicyclic) bond motifs is 2. The average Bonchev–Trinajstić information content (AvgIpc) is 3.03. The summed E-state index contributed by atoms with van der Waals surface area (Å²) >= 11 is 0. The van der Waals surface area contributed by atoms with Crippen LogP contribution >= 0.6 is 0 Å². The molecule has 2 fully saturated rings. The van der Waals surface area contributed by atoms with E-state index in [4.69, 9.17) is 10.7 Å². The van der Waals surface area contributed by atoms with Gasteiger partial charge in [-0.05, 0) is 50.5 Å². The standard InChI is InChI=1S/C22H26N4O/c23-22(10-4-11-22)20(27)26-13-5-9-21(15-26)12-8-17-14-24-19(25-18(17)21)16-6-2-1-3-7-16/h1-3,6-7,14H,4-5,8-13,15,23H2. The molecule has 1 saturated carbocycles. The smallest absolute Gasteiger partial charge is 0.242 e. The van der Waals surface area contributed by atoms with E-state index in [2.05, 4.69) is 17.1 Å². The maximum Gasteiger partial charge on any atom is 0.242 e. The van der Waals surface area contributed by atoms with E-state index >= 15 is 0 Å². The molecule has 1 saturated heterocycles. The molecule has 1 amide bonds. The van der Waals surface area contributed by atoms with Gasteiger partial charge in [-0.3, -0.25) is 4.79 Å². The maximum atomic E-state index is 13.0. The third-order valence-corrected chi connectivity index (χ3v) is 6.81. The van der Waals surface area contributed by atoms with Gasteiger partial charge >= 0.3 is 0 Å². The molecule has 5 nitrogen and oxygen atoms in total. The lowest BCUT2D eigenvalue weighted by Gasteiger charge is -2.46. The molecule has 27 heavy (non-hydrogen) atoms. The molecule has 5 heteroatoms. The van der Waals surface area contributed by atoms with Crippen molar-refractivity contribution in [3.05, 3.63) is 47.8 Å². The highest BCUT2D eigenvalue weighted by molar-refractivity contribution is 5.87. The first-order valence-electron chi connectivity index (χ1n) is 10.1. The fraction of sp³-hybridized carbons (Fsp3) is 0.500. The molecular formula is C22H26N4O. The van der Waals surface area contributed by atoms with E-state index < -0.39 is 5.54 Å². The summed E-state index contributed by atoms with van der Waals surface area (Å²) in [5, 5.41) is 0. The number of hydrogen-bond donors (Lipinski definition) is 1. The number of benzene rings is 1. The normalized spacial score (nSPS) is 25.9. The SMILES string of the molecule is NC1(C(=O)N2CCCC3(CCc4cnc(-c5ccccc5)nc43)C2)CCC1. The van der Waals surface area contributed by atoms with Crippen LogP contribution in [0.5, 0.6) is 0 Å². The zero-order valence-corrected chi connectivity index (χ0v) is 15.7. The van der Waals surface area contributed by atoms with Crippen molar-refractivity contribution in [2.45, 2.75) is 55.9 Å². The summed E-state index contributed by atoms with van der Waals surface area (Å²) in [7, 11) is 0. The predicted octanol–water partition coefficient (Wildman–Crippen LogP) is 2.83. The third kappa shape index (κ3) is 2.67. The van der Waals surface area contributed by atoms with Crippen molar-refractivity contribution in [3.63, 3.8) is 0 Å². The van der Waals surface area contributed by atoms with Crippen molar-refractivity contribution >= 4 is 5.91 Å². The lowest BCUT2D eigenvalue weighted by atomic mass is 9.73. The number of carbonyl (C=O) groups is 1. The second-order valence-corrected chi connectivity index (χ2v) is 8.55. The Morgan fingerprint density at radius 1 is 1.07 bits per heavy atom. The van der Waals surface area contributed by atoms with Crippen molar-refractivity contribution in [2.75, 3.05) is 13.1 Å². The molecule has 0 bridgehead atoms. The highest BCUT2D eigenvalue weighted by Crippen LogP contribution is 2.45. The lowest BCUT2D eigenvalue weighted by molar-refractivity contribution is -0.142. The van der Waals surface area contributed by atoms with Gasteiger partial charge in [-0.2, -0.15) is 0 Å². The summed E-state index contributed by atoms with van der Waals surface area (Å²) in [4.78, 5) is 24.7. The number of nitrogens with zero attached hydrogens (tertiary/aromatic N) is 3. The second-order valence-electron chi connectivity index (χ2n) is 8.55. The first-order chi connectivity index (χ1) is 13.1. The van der Waals surface area contributed by atoms with E-state index in [1.165, 1.54) is 5.56 Å². The Kier molecular flexibility index (Phi) is 3.83. The van der Waals surface area contributed by atoms with Crippen LogP contribution in [0.4, 0.5) is 0 Å². The third-order valence-electron chi connectivity index (χ3n) is 6.81. The van der Waals surface area contributed by atoms with Gasteiger partial charge in [0.2, 0.25) is 5.91 Å². The molecule has 1 unspecified atom stereocenters. The molecule has 0 radical (unpaired) electrons. The van der Waals surface area contributed by atoms with Crippen LogP contribution in [-0.4, -0.2) is 39.4 Å². The zero-order valence-electron chi connectivity index (χ0n) is 15.7. The Bertz CT molecular complexity index is 873. The second kappa shape index (κ2) is 6.13. The first kappa shape index (κ1) is 16.9. The Hall–Kier alpha value is -2.27.